The smallest absolute Gasteiger partial charge is 0.0739 e. The zero-order chi connectivity index (χ0) is 11.4. The fourth-order valence-electron chi connectivity index (χ4n) is 1.45. The predicted octanol–water partition coefficient (Wildman–Crippen LogP) is 1.35. The van der Waals surface area contributed by atoms with Crippen LogP contribution in [0.5, 0.6) is 0 Å². The van der Waals surface area contributed by atoms with E-state index in [1.54, 1.807) is 0 Å². The van der Waals surface area contributed by atoms with Crippen molar-refractivity contribution in [1.82, 2.24) is 15.1 Å². The highest BCUT2D eigenvalue weighted by Crippen LogP contribution is 2.19. The second kappa shape index (κ2) is 5.63. The molecule has 1 unspecified atom stereocenters. The summed E-state index contributed by atoms with van der Waals surface area (Å²) in [5.74, 6) is 0. The minimum absolute atomic E-state index is 0.159. The number of rotatable bonds is 5. The van der Waals surface area contributed by atoms with E-state index >= 15 is 0 Å². The summed E-state index contributed by atoms with van der Waals surface area (Å²) < 4.78 is 2.90. The molecule has 1 heterocycles. The molecule has 0 aliphatic rings. The molecule has 0 amide bonds. The van der Waals surface area contributed by atoms with Crippen molar-refractivity contribution >= 4 is 15.9 Å². The number of aryl methyl sites for hydroxylation is 2. The SMILES string of the molecule is CCC(CO)NCc1c(Br)c(C)nn1C. The second-order valence-electron chi connectivity index (χ2n) is 3.64. The number of aliphatic hydroxyl groups is 1. The first kappa shape index (κ1) is 12.7. The van der Waals surface area contributed by atoms with Crippen LogP contribution in [0.15, 0.2) is 4.47 Å². The highest BCUT2D eigenvalue weighted by molar-refractivity contribution is 9.10. The average Bonchev–Trinajstić information content (AvgIpc) is 2.45. The lowest BCUT2D eigenvalue weighted by molar-refractivity contribution is 0.237. The van der Waals surface area contributed by atoms with Crippen LogP contribution in [0.1, 0.15) is 24.7 Å². The van der Waals surface area contributed by atoms with Gasteiger partial charge in [0.1, 0.15) is 0 Å². The van der Waals surface area contributed by atoms with E-state index in [-0.39, 0.29) is 12.6 Å². The van der Waals surface area contributed by atoms with Crippen LogP contribution in [-0.4, -0.2) is 27.5 Å². The van der Waals surface area contributed by atoms with Gasteiger partial charge < -0.3 is 10.4 Å². The van der Waals surface area contributed by atoms with E-state index in [9.17, 15) is 0 Å². The first-order valence-corrected chi connectivity index (χ1v) is 5.91. The van der Waals surface area contributed by atoms with Gasteiger partial charge in [-0.2, -0.15) is 5.10 Å². The Hall–Kier alpha value is -0.390. The van der Waals surface area contributed by atoms with Crippen molar-refractivity contribution in [3.63, 3.8) is 0 Å². The molecule has 4 nitrogen and oxygen atoms in total. The number of aliphatic hydroxyl groups excluding tert-OH is 1. The van der Waals surface area contributed by atoms with E-state index in [4.69, 9.17) is 5.11 Å². The van der Waals surface area contributed by atoms with Crippen LogP contribution in [0.4, 0.5) is 0 Å². The number of hydrogen-bond acceptors (Lipinski definition) is 3. The third-order valence-corrected chi connectivity index (χ3v) is 3.56. The number of nitrogens with one attached hydrogen (secondary N) is 1. The Morgan fingerprint density at radius 1 is 1.60 bits per heavy atom. The van der Waals surface area contributed by atoms with Crippen LogP contribution in [0, 0.1) is 6.92 Å². The monoisotopic (exact) mass is 275 g/mol. The molecule has 0 spiro atoms. The quantitative estimate of drug-likeness (QED) is 0.853. The van der Waals surface area contributed by atoms with Gasteiger partial charge in [-0.25, -0.2) is 0 Å². The molecule has 5 heteroatoms. The fraction of sp³-hybridized carbons (Fsp3) is 0.700. The van der Waals surface area contributed by atoms with Gasteiger partial charge in [-0.3, -0.25) is 4.68 Å². The predicted molar refractivity (Wildman–Crippen MR) is 63.6 cm³/mol. The zero-order valence-corrected chi connectivity index (χ0v) is 11.0. The molecule has 0 saturated carbocycles. The molecule has 0 fully saturated rings. The highest BCUT2D eigenvalue weighted by Gasteiger charge is 2.11. The van der Waals surface area contributed by atoms with E-state index in [1.807, 2.05) is 18.7 Å². The molecular weight excluding hydrogens is 258 g/mol. The van der Waals surface area contributed by atoms with Crippen LogP contribution >= 0.6 is 15.9 Å². The van der Waals surface area contributed by atoms with E-state index in [0.717, 1.165) is 28.8 Å². The Balaban J connectivity index is 2.64. The van der Waals surface area contributed by atoms with Gasteiger partial charge in [0.2, 0.25) is 0 Å². The molecule has 0 aromatic carbocycles. The van der Waals surface area contributed by atoms with Crippen molar-refractivity contribution in [2.24, 2.45) is 7.05 Å². The van der Waals surface area contributed by atoms with Gasteiger partial charge in [0.05, 0.1) is 22.5 Å². The minimum atomic E-state index is 0.159. The van der Waals surface area contributed by atoms with Gasteiger partial charge >= 0.3 is 0 Å². The third kappa shape index (κ3) is 3.03. The van der Waals surface area contributed by atoms with Crippen molar-refractivity contribution in [2.45, 2.75) is 32.9 Å². The van der Waals surface area contributed by atoms with E-state index in [0.29, 0.717) is 0 Å². The summed E-state index contributed by atoms with van der Waals surface area (Å²) in [5.41, 5.74) is 2.10. The largest absolute Gasteiger partial charge is 0.395 e. The standard InChI is InChI=1S/C10H18BrN3O/c1-4-8(6-15)12-5-9-10(11)7(2)13-14(9)3/h8,12,15H,4-6H2,1-3H3. The third-order valence-electron chi connectivity index (χ3n) is 2.53. The summed E-state index contributed by atoms with van der Waals surface area (Å²) in [6, 6.07) is 0.159. The maximum atomic E-state index is 9.05. The Morgan fingerprint density at radius 2 is 2.27 bits per heavy atom. The lowest BCUT2D eigenvalue weighted by Crippen LogP contribution is -2.31. The Bertz CT molecular complexity index is 321. The molecule has 0 aliphatic carbocycles. The van der Waals surface area contributed by atoms with Crippen molar-refractivity contribution in [2.75, 3.05) is 6.61 Å². The van der Waals surface area contributed by atoms with Crippen LogP contribution in [-0.2, 0) is 13.6 Å². The van der Waals surface area contributed by atoms with E-state index < -0.39 is 0 Å². The highest BCUT2D eigenvalue weighted by atomic mass is 79.9. The van der Waals surface area contributed by atoms with Crippen molar-refractivity contribution in [3.8, 4) is 0 Å². The maximum absolute atomic E-state index is 9.05. The fourth-order valence-corrected chi connectivity index (χ4v) is 1.93. The van der Waals surface area contributed by atoms with E-state index in [1.165, 1.54) is 0 Å². The van der Waals surface area contributed by atoms with Gasteiger partial charge in [-0.15, -0.1) is 0 Å². The Morgan fingerprint density at radius 3 is 2.67 bits per heavy atom. The molecule has 1 aromatic heterocycles. The van der Waals surface area contributed by atoms with Gasteiger partial charge in [0.15, 0.2) is 0 Å². The number of aromatic nitrogens is 2. The van der Waals surface area contributed by atoms with Gasteiger partial charge in [-0.1, -0.05) is 6.92 Å². The van der Waals surface area contributed by atoms with Crippen LogP contribution in [0.25, 0.3) is 0 Å². The Kier molecular flexibility index (Phi) is 4.76. The van der Waals surface area contributed by atoms with Crippen molar-refractivity contribution in [3.05, 3.63) is 15.9 Å². The molecule has 1 atom stereocenters. The number of halogens is 1. The Labute approximate surface area is 98.8 Å². The lowest BCUT2D eigenvalue weighted by Gasteiger charge is -2.14. The van der Waals surface area contributed by atoms with Crippen LogP contribution in [0.2, 0.25) is 0 Å². The normalized spacial score (nSPS) is 13.1. The van der Waals surface area contributed by atoms with Crippen molar-refractivity contribution in [1.29, 1.82) is 0 Å². The molecule has 2 N–H and O–H groups in total. The molecule has 0 aliphatic heterocycles. The minimum Gasteiger partial charge on any atom is -0.395 e. The summed E-state index contributed by atoms with van der Waals surface area (Å²) in [6.45, 7) is 4.91. The van der Waals surface area contributed by atoms with Crippen LogP contribution < -0.4 is 5.32 Å². The van der Waals surface area contributed by atoms with E-state index in [2.05, 4.69) is 33.3 Å². The second-order valence-corrected chi connectivity index (χ2v) is 4.43. The summed E-state index contributed by atoms with van der Waals surface area (Å²) in [4.78, 5) is 0. The zero-order valence-electron chi connectivity index (χ0n) is 9.42. The maximum Gasteiger partial charge on any atom is 0.0739 e. The average molecular weight is 276 g/mol. The first-order valence-electron chi connectivity index (χ1n) is 5.12. The van der Waals surface area contributed by atoms with Crippen LogP contribution in [0.3, 0.4) is 0 Å². The van der Waals surface area contributed by atoms with Gasteiger partial charge in [-0.05, 0) is 29.3 Å². The summed E-state index contributed by atoms with van der Waals surface area (Å²) in [5, 5.41) is 16.6. The number of hydrogen-bond donors (Lipinski definition) is 2. The van der Waals surface area contributed by atoms with Gasteiger partial charge in [0, 0.05) is 19.6 Å². The molecule has 0 saturated heterocycles. The molecule has 86 valence electrons. The molecule has 1 rings (SSSR count). The summed E-state index contributed by atoms with van der Waals surface area (Å²) in [6.07, 6.45) is 0.922. The first-order chi connectivity index (χ1) is 7.10. The topological polar surface area (TPSA) is 50.1 Å². The summed E-state index contributed by atoms with van der Waals surface area (Å²) >= 11 is 3.51. The number of nitrogens with zero attached hydrogens (tertiary/aromatic N) is 2. The molecule has 15 heavy (non-hydrogen) atoms. The molecule has 0 radical (unpaired) electrons. The lowest BCUT2D eigenvalue weighted by atomic mass is 10.2. The van der Waals surface area contributed by atoms with Gasteiger partial charge in [0.25, 0.3) is 0 Å². The molecular formula is C10H18BrN3O. The van der Waals surface area contributed by atoms with Crippen molar-refractivity contribution < 1.29 is 5.11 Å². The molecule has 0 bridgehead atoms. The summed E-state index contributed by atoms with van der Waals surface area (Å²) in [7, 11) is 1.93. The molecule has 1 aromatic rings.